The highest BCUT2D eigenvalue weighted by Crippen LogP contribution is 2.22. The number of amides is 2. The van der Waals surface area contributed by atoms with Crippen LogP contribution in [0.4, 0.5) is 5.82 Å². The Balaban J connectivity index is 2.03. The van der Waals surface area contributed by atoms with E-state index in [1.807, 2.05) is 12.1 Å². The molecule has 7 nitrogen and oxygen atoms in total. The molecule has 0 aliphatic carbocycles. The molecule has 0 saturated heterocycles. The second-order valence-electron chi connectivity index (χ2n) is 7.69. The van der Waals surface area contributed by atoms with Gasteiger partial charge in [-0.1, -0.05) is 39.0 Å². The van der Waals surface area contributed by atoms with E-state index >= 15 is 0 Å². The molecule has 7 heteroatoms. The first-order valence-corrected chi connectivity index (χ1v) is 9.20. The van der Waals surface area contributed by atoms with Crippen molar-refractivity contribution in [2.75, 3.05) is 5.32 Å². The second kappa shape index (κ2) is 9.11. The number of aromatic nitrogens is 1. The summed E-state index contributed by atoms with van der Waals surface area (Å²) in [6.45, 7) is 7.66. The lowest BCUT2D eigenvalue weighted by molar-refractivity contribution is -0.129. The van der Waals surface area contributed by atoms with Gasteiger partial charge in [0, 0.05) is 11.8 Å². The van der Waals surface area contributed by atoms with Crippen LogP contribution >= 0.6 is 0 Å². The van der Waals surface area contributed by atoms with Crippen LogP contribution in [0.1, 0.15) is 43.6 Å². The van der Waals surface area contributed by atoms with E-state index < -0.39 is 29.6 Å². The van der Waals surface area contributed by atoms with Gasteiger partial charge in [-0.05, 0) is 42.2 Å². The summed E-state index contributed by atoms with van der Waals surface area (Å²) < 4.78 is 0. The lowest BCUT2D eigenvalue weighted by atomic mass is 9.86. The maximum absolute atomic E-state index is 12.5. The molecule has 2 atom stereocenters. The molecule has 0 spiro atoms. The molecule has 1 heterocycles. The zero-order valence-electron chi connectivity index (χ0n) is 16.9. The summed E-state index contributed by atoms with van der Waals surface area (Å²) in [4.78, 5) is 41.2. The third-order valence-electron chi connectivity index (χ3n) is 4.38. The van der Waals surface area contributed by atoms with E-state index in [0.717, 1.165) is 5.56 Å². The van der Waals surface area contributed by atoms with Crippen LogP contribution in [0.3, 0.4) is 0 Å². The number of pyridine rings is 1. The average molecular weight is 392 g/mol. The van der Waals surface area contributed by atoms with Gasteiger partial charge in [0.1, 0.15) is 5.82 Å². The molecule has 0 fully saturated rings. The summed E-state index contributed by atoms with van der Waals surface area (Å²) in [7, 11) is 0. The van der Waals surface area contributed by atoms with Gasteiger partial charge in [0.15, 0.2) is 11.7 Å². The highest BCUT2D eigenvalue weighted by molar-refractivity contribution is 6.11. The number of ketones is 1. The Morgan fingerprint density at radius 3 is 2.24 bits per heavy atom. The van der Waals surface area contributed by atoms with Crippen LogP contribution in [0.5, 0.6) is 0 Å². The fourth-order valence-corrected chi connectivity index (χ4v) is 2.61. The standard InChI is InChI=1S/C22H24N4O3/c1-14(25-20(28)15-8-10-16(11-9-15)22(2,3)4)19(27)17(13-23)21(29)26-18-7-5-6-12-24-18/h5-12,14,17H,1-4H3,(H,25,28)(H,24,26,29)/t14-,17+/m1/s1. The zero-order valence-corrected chi connectivity index (χ0v) is 16.9. The fourth-order valence-electron chi connectivity index (χ4n) is 2.61. The molecule has 1 aromatic heterocycles. The summed E-state index contributed by atoms with van der Waals surface area (Å²) in [6, 6.07) is 12.7. The number of nitrogens with zero attached hydrogens (tertiary/aromatic N) is 2. The number of anilines is 1. The molecule has 0 bridgehead atoms. The molecule has 2 aromatic rings. The molecule has 0 saturated carbocycles. The Labute approximate surface area is 170 Å². The number of Topliss-reactive ketones (excluding diaryl/α,β-unsaturated/α-hetero) is 1. The lowest BCUT2D eigenvalue weighted by Gasteiger charge is -2.19. The summed E-state index contributed by atoms with van der Waals surface area (Å²) in [6.07, 6.45) is 1.48. The van der Waals surface area contributed by atoms with E-state index in [0.29, 0.717) is 5.56 Å². The topological polar surface area (TPSA) is 112 Å². The van der Waals surface area contributed by atoms with Crippen LogP contribution in [0.2, 0.25) is 0 Å². The van der Waals surface area contributed by atoms with Crippen molar-refractivity contribution in [3.8, 4) is 6.07 Å². The second-order valence-corrected chi connectivity index (χ2v) is 7.69. The summed E-state index contributed by atoms with van der Waals surface area (Å²) in [5, 5.41) is 14.3. The molecule has 2 N–H and O–H groups in total. The molecule has 0 aliphatic heterocycles. The Morgan fingerprint density at radius 1 is 1.07 bits per heavy atom. The van der Waals surface area contributed by atoms with Gasteiger partial charge in [-0.3, -0.25) is 14.4 Å². The van der Waals surface area contributed by atoms with Crippen molar-refractivity contribution in [2.24, 2.45) is 5.92 Å². The summed E-state index contributed by atoms with van der Waals surface area (Å²) >= 11 is 0. The lowest BCUT2D eigenvalue weighted by Crippen LogP contribution is -2.44. The van der Waals surface area contributed by atoms with Crippen LogP contribution in [0.15, 0.2) is 48.7 Å². The van der Waals surface area contributed by atoms with E-state index in [1.54, 1.807) is 36.4 Å². The predicted molar refractivity (Wildman–Crippen MR) is 109 cm³/mol. The van der Waals surface area contributed by atoms with Crippen molar-refractivity contribution in [3.05, 3.63) is 59.8 Å². The van der Waals surface area contributed by atoms with E-state index in [-0.39, 0.29) is 11.2 Å². The Morgan fingerprint density at radius 2 is 1.72 bits per heavy atom. The Kier molecular flexibility index (Phi) is 6.84. The van der Waals surface area contributed by atoms with Crippen molar-refractivity contribution in [1.82, 2.24) is 10.3 Å². The van der Waals surface area contributed by atoms with Crippen LogP contribution in [-0.2, 0) is 15.0 Å². The van der Waals surface area contributed by atoms with Crippen molar-refractivity contribution < 1.29 is 14.4 Å². The van der Waals surface area contributed by atoms with Crippen LogP contribution in [-0.4, -0.2) is 28.6 Å². The van der Waals surface area contributed by atoms with E-state index in [9.17, 15) is 19.6 Å². The minimum Gasteiger partial charge on any atom is -0.342 e. The molecule has 0 aliphatic rings. The Hall–Kier alpha value is -3.53. The van der Waals surface area contributed by atoms with Gasteiger partial charge in [-0.25, -0.2) is 4.98 Å². The number of nitrogens with one attached hydrogen (secondary N) is 2. The molecule has 0 radical (unpaired) electrons. The molecule has 29 heavy (non-hydrogen) atoms. The smallest absolute Gasteiger partial charge is 0.251 e. The number of rotatable bonds is 6. The van der Waals surface area contributed by atoms with Crippen LogP contribution < -0.4 is 10.6 Å². The molecular formula is C22H24N4O3. The number of hydrogen-bond donors (Lipinski definition) is 2. The maximum Gasteiger partial charge on any atom is 0.251 e. The average Bonchev–Trinajstić information content (AvgIpc) is 2.68. The van der Waals surface area contributed by atoms with Crippen molar-refractivity contribution >= 4 is 23.4 Å². The van der Waals surface area contributed by atoms with Gasteiger partial charge in [0.25, 0.3) is 11.8 Å². The number of benzene rings is 1. The molecule has 1 aromatic carbocycles. The van der Waals surface area contributed by atoms with Gasteiger partial charge >= 0.3 is 0 Å². The van der Waals surface area contributed by atoms with Gasteiger partial charge in [0.2, 0.25) is 0 Å². The first-order chi connectivity index (χ1) is 13.6. The fraction of sp³-hybridized carbons (Fsp3) is 0.318. The predicted octanol–water partition coefficient (Wildman–Crippen LogP) is 2.84. The highest BCUT2D eigenvalue weighted by atomic mass is 16.2. The zero-order chi connectivity index (χ0) is 21.6. The van der Waals surface area contributed by atoms with Crippen LogP contribution in [0.25, 0.3) is 0 Å². The minimum atomic E-state index is -1.56. The quantitative estimate of drug-likeness (QED) is 0.734. The van der Waals surface area contributed by atoms with Gasteiger partial charge < -0.3 is 10.6 Å². The maximum atomic E-state index is 12.5. The highest BCUT2D eigenvalue weighted by Gasteiger charge is 2.31. The molecular weight excluding hydrogens is 368 g/mol. The van der Waals surface area contributed by atoms with E-state index in [4.69, 9.17) is 0 Å². The molecule has 150 valence electrons. The normalized spacial score (nSPS) is 12.9. The van der Waals surface area contributed by atoms with Crippen LogP contribution in [0, 0.1) is 17.2 Å². The third kappa shape index (κ3) is 5.72. The monoisotopic (exact) mass is 392 g/mol. The first-order valence-electron chi connectivity index (χ1n) is 9.20. The van der Waals surface area contributed by atoms with Gasteiger partial charge in [-0.2, -0.15) is 5.26 Å². The largest absolute Gasteiger partial charge is 0.342 e. The molecule has 2 rings (SSSR count). The number of carbonyl (C=O) groups is 3. The summed E-state index contributed by atoms with van der Waals surface area (Å²) in [5.41, 5.74) is 1.43. The first kappa shape index (κ1) is 21.8. The minimum absolute atomic E-state index is 0.0424. The van der Waals surface area contributed by atoms with E-state index in [1.165, 1.54) is 13.1 Å². The van der Waals surface area contributed by atoms with Crippen molar-refractivity contribution in [3.63, 3.8) is 0 Å². The number of hydrogen-bond acceptors (Lipinski definition) is 5. The van der Waals surface area contributed by atoms with Gasteiger partial charge in [-0.15, -0.1) is 0 Å². The molecule has 2 amide bonds. The van der Waals surface area contributed by atoms with Crippen molar-refractivity contribution in [1.29, 1.82) is 5.26 Å². The Bertz CT molecular complexity index is 925. The molecule has 0 unspecified atom stereocenters. The van der Waals surface area contributed by atoms with Crippen molar-refractivity contribution in [2.45, 2.75) is 39.2 Å². The van der Waals surface area contributed by atoms with Gasteiger partial charge in [0.05, 0.1) is 12.1 Å². The third-order valence-corrected chi connectivity index (χ3v) is 4.38. The number of nitriles is 1. The van der Waals surface area contributed by atoms with E-state index in [2.05, 4.69) is 36.4 Å². The number of carbonyl (C=O) groups excluding carboxylic acids is 3. The SMILES string of the molecule is C[C@@H](NC(=O)c1ccc(C(C)(C)C)cc1)C(=O)[C@H](C#N)C(=O)Nc1ccccn1. The summed E-state index contributed by atoms with van der Waals surface area (Å²) in [5.74, 6) is -3.25.